The van der Waals surface area contributed by atoms with Gasteiger partial charge < -0.3 is 21.3 Å². The second-order valence-corrected chi connectivity index (χ2v) is 8.03. The van der Waals surface area contributed by atoms with Crippen LogP contribution in [0.25, 0.3) is 0 Å². The number of aromatic hydroxyl groups is 1. The van der Waals surface area contributed by atoms with Gasteiger partial charge in [0.1, 0.15) is 21.7 Å². The Balaban J connectivity index is 0.000000226. The third-order valence-electron chi connectivity index (χ3n) is 4.24. The van der Waals surface area contributed by atoms with Gasteiger partial charge in [0, 0.05) is 30.6 Å². The highest BCUT2D eigenvalue weighted by molar-refractivity contribution is 6.43. The van der Waals surface area contributed by atoms with Crippen LogP contribution in [0.4, 0.5) is 31.8 Å². The first-order valence-corrected chi connectivity index (χ1v) is 11.1. The van der Waals surface area contributed by atoms with Crippen LogP contribution in [0.3, 0.4) is 0 Å². The van der Waals surface area contributed by atoms with Crippen molar-refractivity contribution in [2.45, 2.75) is 0 Å². The summed E-state index contributed by atoms with van der Waals surface area (Å²) in [6.45, 7) is 0. The first kappa shape index (κ1) is 30.7. The average molecular weight is 604 g/mol. The molecule has 2 aromatic carbocycles. The molecule has 0 fully saturated rings. The number of phenolic OH excluding ortho intramolecular Hbond substituents is 1. The molecule has 5 N–H and O–H groups in total. The average Bonchev–Trinajstić information content (AvgIpc) is 2.88. The number of hydrogen-bond acceptors (Lipinski definition) is 10. The second kappa shape index (κ2) is 13.9. The molecule has 4 rings (SSSR count). The molecule has 0 atom stereocenters. The Labute approximate surface area is 232 Å². The summed E-state index contributed by atoms with van der Waals surface area (Å²) >= 11 is 17.0. The number of nitrogen functional groups attached to an aromatic ring is 2. The van der Waals surface area contributed by atoms with Crippen LogP contribution in [0.15, 0.2) is 60.9 Å². The minimum atomic E-state index is -0.987. The van der Waals surface area contributed by atoms with E-state index in [0.717, 1.165) is 30.3 Å². The van der Waals surface area contributed by atoms with Crippen LogP contribution in [-0.2, 0) is 0 Å². The van der Waals surface area contributed by atoms with Gasteiger partial charge in [-0.15, -0.1) is 0 Å². The van der Waals surface area contributed by atoms with Gasteiger partial charge in [-0.3, -0.25) is 20.2 Å². The van der Waals surface area contributed by atoms with Gasteiger partial charge in [-0.25, -0.2) is 18.7 Å². The second-order valence-electron chi connectivity index (χ2n) is 6.87. The molecule has 0 amide bonds. The van der Waals surface area contributed by atoms with E-state index in [2.05, 4.69) is 9.97 Å². The quantitative estimate of drug-likeness (QED) is 0.170. The highest BCUT2D eigenvalue weighted by Gasteiger charge is 2.14. The summed E-state index contributed by atoms with van der Waals surface area (Å²) in [6.07, 6.45) is 2.85. The molecule has 2 aromatic heterocycles. The maximum Gasteiger partial charge on any atom is 0.272 e. The van der Waals surface area contributed by atoms with Gasteiger partial charge in [-0.2, -0.15) is 0 Å². The summed E-state index contributed by atoms with van der Waals surface area (Å²) in [5, 5.41) is 29.9. The van der Waals surface area contributed by atoms with Crippen LogP contribution in [0, 0.1) is 31.9 Å². The normalized spacial score (nSPS) is 9.87. The minimum Gasteiger partial charge on any atom is -0.505 e. The fourth-order valence-corrected chi connectivity index (χ4v) is 2.78. The first-order valence-electron chi connectivity index (χ1n) is 10.0. The van der Waals surface area contributed by atoms with E-state index in [9.17, 15) is 29.0 Å². The summed E-state index contributed by atoms with van der Waals surface area (Å²) in [7, 11) is 0. The standard InChI is InChI=1S/C11H7ClFN3O3.C6H4FNO3.C5H4Cl2N2/c12-10-9(3-4-15-11(10)14)19-8-2-1-6(16(17)18)5-7(8)13;7-5-3-4(8(10)11)1-2-6(5)9;6-3-1-2-9-5(8)4(3)7/h1-5H,(H2,14,15);1-3,9H;1-2H,(H2,8,9). The van der Waals surface area contributed by atoms with Gasteiger partial charge >= 0.3 is 0 Å². The van der Waals surface area contributed by atoms with Crippen molar-refractivity contribution in [1.29, 1.82) is 0 Å². The zero-order valence-electron chi connectivity index (χ0n) is 19.1. The Morgan fingerprint density at radius 2 is 1.28 bits per heavy atom. The number of nitrogens with zero attached hydrogens (tertiary/aromatic N) is 4. The van der Waals surface area contributed by atoms with Crippen LogP contribution in [0.1, 0.15) is 0 Å². The van der Waals surface area contributed by atoms with Crippen molar-refractivity contribution in [3.05, 3.63) is 108 Å². The molecule has 2 heterocycles. The van der Waals surface area contributed by atoms with Crippen molar-refractivity contribution in [2.24, 2.45) is 0 Å². The highest BCUT2D eigenvalue weighted by atomic mass is 35.5. The predicted octanol–water partition coefficient (Wildman–Crippen LogP) is 6.57. The zero-order valence-corrected chi connectivity index (χ0v) is 21.4. The molecule has 0 bridgehead atoms. The number of anilines is 2. The number of phenols is 1. The number of nitrogens with two attached hydrogens (primary N) is 2. The van der Waals surface area contributed by atoms with Gasteiger partial charge in [0.2, 0.25) is 0 Å². The molecule has 4 aromatic rings. The Hall–Kier alpha value is -4.53. The number of non-ortho nitro benzene ring substituents is 2. The third-order valence-corrected chi connectivity index (χ3v) is 5.43. The molecule has 0 aliphatic carbocycles. The highest BCUT2D eigenvalue weighted by Crippen LogP contribution is 2.34. The largest absolute Gasteiger partial charge is 0.505 e. The maximum atomic E-state index is 13.6. The summed E-state index contributed by atoms with van der Waals surface area (Å²) in [5.41, 5.74) is 10.0. The lowest BCUT2D eigenvalue weighted by Gasteiger charge is -2.08. The lowest BCUT2D eigenvalue weighted by Crippen LogP contribution is -1.95. The van der Waals surface area contributed by atoms with E-state index in [1.54, 1.807) is 6.07 Å². The summed E-state index contributed by atoms with van der Waals surface area (Å²) in [6, 6.07) is 8.63. The van der Waals surface area contributed by atoms with Crippen molar-refractivity contribution in [2.75, 3.05) is 11.5 Å². The Kier molecular flexibility index (Phi) is 10.9. The first-order chi connectivity index (χ1) is 18.3. The summed E-state index contributed by atoms with van der Waals surface area (Å²) in [5.74, 6) is -2.22. The molecule has 17 heteroatoms. The number of rotatable bonds is 4. The van der Waals surface area contributed by atoms with E-state index in [-0.39, 0.29) is 39.5 Å². The van der Waals surface area contributed by atoms with Gasteiger partial charge in [0.15, 0.2) is 28.9 Å². The summed E-state index contributed by atoms with van der Waals surface area (Å²) in [4.78, 5) is 26.5. The molecule has 204 valence electrons. The molecule has 0 saturated carbocycles. The van der Waals surface area contributed by atoms with Crippen molar-refractivity contribution < 1.29 is 28.5 Å². The van der Waals surface area contributed by atoms with Gasteiger partial charge in [0.05, 0.1) is 27.0 Å². The Morgan fingerprint density at radius 1 is 0.769 bits per heavy atom. The van der Waals surface area contributed by atoms with E-state index in [1.165, 1.54) is 18.5 Å². The van der Waals surface area contributed by atoms with Crippen molar-refractivity contribution in [3.8, 4) is 17.2 Å². The number of nitro benzene ring substituents is 2. The number of nitro groups is 2. The zero-order chi connectivity index (χ0) is 29.3. The molecule has 0 spiro atoms. The van der Waals surface area contributed by atoms with Crippen LogP contribution in [-0.4, -0.2) is 24.9 Å². The molecule has 39 heavy (non-hydrogen) atoms. The monoisotopic (exact) mass is 602 g/mol. The fraction of sp³-hybridized carbons (Fsp3) is 0. The van der Waals surface area contributed by atoms with Gasteiger partial charge in [-0.1, -0.05) is 34.8 Å². The number of halogens is 5. The van der Waals surface area contributed by atoms with E-state index in [4.69, 9.17) is 56.1 Å². The van der Waals surface area contributed by atoms with E-state index < -0.39 is 27.2 Å². The number of ether oxygens (including phenoxy) is 1. The van der Waals surface area contributed by atoms with Crippen LogP contribution in [0.5, 0.6) is 17.2 Å². The molecule has 0 aliphatic rings. The van der Waals surface area contributed by atoms with Crippen molar-refractivity contribution in [3.63, 3.8) is 0 Å². The van der Waals surface area contributed by atoms with Crippen LogP contribution >= 0.6 is 34.8 Å². The summed E-state index contributed by atoms with van der Waals surface area (Å²) < 4.78 is 31.2. The smallest absolute Gasteiger partial charge is 0.272 e. The lowest BCUT2D eigenvalue weighted by atomic mass is 10.3. The third kappa shape index (κ3) is 8.77. The van der Waals surface area contributed by atoms with Crippen LogP contribution < -0.4 is 16.2 Å². The predicted molar refractivity (Wildman–Crippen MR) is 140 cm³/mol. The lowest BCUT2D eigenvalue weighted by molar-refractivity contribution is -0.385. The van der Waals surface area contributed by atoms with E-state index in [1.807, 2.05) is 0 Å². The molecule has 0 radical (unpaired) electrons. The van der Waals surface area contributed by atoms with Crippen molar-refractivity contribution >= 4 is 57.8 Å². The van der Waals surface area contributed by atoms with Gasteiger partial charge in [0.25, 0.3) is 11.4 Å². The molecule has 0 aliphatic heterocycles. The Bertz CT molecular complexity index is 1500. The minimum absolute atomic E-state index is 0.0419. The SMILES string of the molecule is Nc1nccc(Cl)c1Cl.Nc1nccc(Oc2ccc([N+](=O)[O-])cc2F)c1Cl.O=[N+]([O-])c1ccc(O)c(F)c1. The van der Waals surface area contributed by atoms with Crippen LogP contribution in [0.2, 0.25) is 15.1 Å². The van der Waals surface area contributed by atoms with Crippen molar-refractivity contribution in [1.82, 2.24) is 9.97 Å². The topological polar surface area (TPSA) is 194 Å². The number of pyridine rings is 2. The van der Waals surface area contributed by atoms with E-state index in [0.29, 0.717) is 16.1 Å². The molecule has 0 saturated heterocycles. The molecule has 12 nitrogen and oxygen atoms in total. The number of aromatic nitrogens is 2. The van der Waals surface area contributed by atoms with Gasteiger partial charge in [-0.05, 0) is 18.2 Å². The molecular formula is C22H15Cl3F2N6O6. The molecular weight excluding hydrogens is 589 g/mol. The number of benzene rings is 2. The van der Waals surface area contributed by atoms with E-state index >= 15 is 0 Å². The Morgan fingerprint density at radius 3 is 1.77 bits per heavy atom. The fourth-order valence-electron chi connectivity index (χ4n) is 2.37. The maximum absolute atomic E-state index is 13.6. The molecule has 0 unspecified atom stereocenters. The number of hydrogen-bond donors (Lipinski definition) is 3.